The molecule has 0 saturated heterocycles. The number of rotatable bonds is 2. The molecule has 5 rings (SSSR count). The number of fused-ring (bicyclic) bond motifs is 2. The summed E-state index contributed by atoms with van der Waals surface area (Å²) < 4.78 is 5.52. The van der Waals surface area contributed by atoms with E-state index in [1.165, 1.54) is 11.1 Å². The molecule has 0 bridgehead atoms. The molecule has 1 saturated carbocycles. The lowest BCUT2D eigenvalue weighted by atomic mass is 9.82. The van der Waals surface area contributed by atoms with Crippen molar-refractivity contribution in [2.24, 2.45) is 5.92 Å². The molecule has 0 unspecified atom stereocenters. The van der Waals surface area contributed by atoms with Crippen molar-refractivity contribution >= 4 is 23.2 Å². The highest BCUT2D eigenvalue weighted by Crippen LogP contribution is 2.77. The van der Waals surface area contributed by atoms with Crippen molar-refractivity contribution in [3.63, 3.8) is 0 Å². The Hall–Kier alpha value is -1.96. The van der Waals surface area contributed by atoms with Gasteiger partial charge in [-0.05, 0) is 24.1 Å². The molecule has 3 aromatic rings. The highest BCUT2D eigenvalue weighted by Gasteiger charge is 2.83. The topological polar surface area (TPSA) is 9.23 Å². The van der Waals surface area contributed by atoms with E-state index in [0.717, 1.165) is 16.9 Å². The average Bonchev–Trinajstić information content (AvgIpc) is 3.17. The average molecular weight is 381 g/mol. The Kier molecular flexibility index (Phi) is 3.44. The molecule has 0 amide bonds. The molecular formula is C23H18Cl2O. The van der Waals surface area contributed by atoms with Crippen LogP contribution in [0.25, 0.3) is 0 Å². The molecule has 1 nitrogen and oxygen atoms in total. The van der Waals surface area contributed by atoms with Crippen LogP contribution < -0.4 is 4.74 Å². The molecule has 1 heterocycles. The summed E-state index contributed by atoms with van der Waals surface area (Å²) in [5.74, 6) is 0.912. The highest BCUT2D eigenvalue weighted by atomic mass is 35.5. The van der Waals surface area contributed by atoms with Crippen LogP contribution in [0, 0.1) is 12.8 Å². The molecule has 3 atom stereocenters. The van der Waals surface area contributed by atoms with Crippen molar-refractivity contribution in [2.75, 3.05) is 0 Å². The van der Waals surface area contributed by atoms with Gasteiger partial charge in [-0.3, -0.25) is 0 Å². The van der Waals surface area contributed by atoms with E-state index in [4.69, 9.17) is 27.9 Å². The van der Waals surface area contributed by atoms with Gasteiger partial charge in [-0.1, -0.05) is 102 Å². The first-order chi connectivity index (χ1) is 12.6. The van der Waals surface area contributed by atoms with E-state index >= 15 is 0 Å². The first-order valence-electron chi connectivity index (χ1n) is 8.83. The molecule has 0 N–H and O–H groups in total. The van der Waals surface area contributed by atoms with E-state index < -0.39 is 9.93 Å². The van der Waals surface area contributed by atoms with Crippen molar-refractivity contribution in [3.05, 3.63) is 101 Å². The molecule has 1 aliphatic carbocycles. The van der Waals surface area contributed by atoms with Gasteiger partial charge in [0.1, 0.15) is 5.75 Å². The normalized spacial score (nSPS) is 27.8. The standard InChI is InChI=1S/C23H18Cl2O/c1-15-11-13-16(14-12-15)20-18-9-5-6-10-19(18)26-22(21(20)23(22,24)25)17-7-3-2-4-8-17/h2-14,20-21H,1H3/t20-,21+,22-/m1/s1. The van der Waals surface area contributed by atoms with Gasteiger partial charge in [0.2, 0.25) is 0 Å². The van der Waals surface area contributed by atoms with E-state index in [0.29, 0.717) is 0 Å². The number of hydrogen-bond donors (Lipinski definition) is 0. The number of ether oxygens (including phenoxy) is 1. The van der Waals surface area contributed by atoms with Gasteiger partial charge in [0.25, 0.3) is 0 Å². The van der Waals surface area contributed by atoms with Crippen molar-refractivity contribution < 1.29 is 4.74 Å². The summed E-state index contributed by atoms with van der Waals surface area (Å²) in [5, 5.41) is 0. The number of hydrogen-bond acceptors (Lipinski definition) is 1. The third-order valence-corrected chi connectivity index (χ3v) is 6.77. The molecular weight excluding hydrogens is 363 g/mol. The fourth-order valence-corrected chi connectivity index (χ4v) is 5.41. The quantitative estimate of drug-likeness (QED) is 0.479. The number of benzene rings is 3. The Morgan fingerprint density at radius 1 is 0.808 bits per heavy atom. The van der Waals surface area contributed by atoms with Gasteiger partial charge in [-0.25, -0.2) is 0 Å². The van der Waals surface area contributed by atoms with E-state index in [9.17, 15) is 0 Å². The second kappa shape index (κ2) is 5.52. The van der Waals surface area contributed by atoms with Crippen LogP contribution in [0.1, 0.15) is 28.2 Å². The predicted octanol–water partition coefficient (Wildman–Crippen LogP) is 6.22. The smallest absolute Gasteiger partial charge is 0.174 e. The van der Waals surface area contributed by atoms with Crippen LogP contribution in [-0.2, 0) is 5.60 Å². The minimum atomic E-state index is -0.983. The molecule has 2 aliphatic rings. The Morgan fingerprint density at radius 3 is 2.19 bits per heavy atom. The van der Waals surface area contributed by atoms with Gasteiger partial charge < -0.3 is 4.74 Å². The van der Waals surface area contributed by atoms with Crippen LogP contribution in [0.2, 0.25) is 0 Å². The molecule has 1 fully saturated rings. The van der Waals surface area contributed by atoms with E-state index in [2.05, 4.69) is 49.4 Å². The monoisotopic (exact) mass is 380 g/mol. The van der Waals surface area contributed by atoms with Gasteiger partial charge in [-0.15, -0.1) is 0 Å². The fourth-order valence-electron chi connectivity index (χ4n) is 4.43. The van der Waals surface area contributed by atoms with Crippen molar-refractivity contribution in [1.29, 1.82) is 0 Å². The maximum Gasteiger partial charge on any atom is 0.174 e. The highest BCUT2D eigenvalue weighted by molar-refractivity contribution is 6.52. The Bertz CT molecular complexity index is 965. The maximum atomic E-state index is 6.91. The number of alkyl halides is 2. The summed E-state index contributed by atoms with van der Waals surface area (Å²) in [4.78, 5) is 0. The zero-order valence-electron chi connectivity index (χ0n) is 14.3. The first kappa shape index (κ1) is 16.2. The fraction of sp³-hybridized carbons (Fsp3) is 0.217. The number of para-hydroxylation sites is 1. The van der Waals surface area contributed by atoms with E-state index in [-0.39, 0.29) is 11.8 Å². The zero-order valence-corrected chi connectivity index (χ0v) is 15.8. The summed E-state index contributed by atoms with van der Waals surface area (Å²) in [6.45, 7) is 2.10. The summed E-state index contributed by atoms with van der Waals surface area (Å²) in [7, 11) is 0. The van der Waals surface area contributed by atoms with Crippen LogP contribution in [0.3, 0.4) is 0 Å². The molecule has 0 aromatic heterocycles. The van der Waals surface area contributed by atoms with Gasteiger partial charge in [0.05, 0.1) is 5.92 Å². The predicted molar refractivity (Wildman–Crippen MR) is 106 cm³/mol. The number of aryl methyl sites for hydroxylation is 1. The SMILES string of the molecule is Cc1ccc([C@@H]2c3ccccc3O[C@]3(c4ccccc4)[C@H]2C3(Cl)Cl)cc1. The molecule has 26 heavy (non-hydrogen) atoms. The third-order valence-electron chi connectivity index (χ3n) is 5.74. The lowest BCUT2D eigenvalue weighted by Crippen LogP contribution is -2.28. The van der Waals surface area contributed by atoms with Gasteiger partial charge >= 0.3 is 0 Å². The van der Waals surface area contributed by atoms with Crippen molar-refractivity contribution in [1.82, 2.24) is 0 Å². The first-order valence-corrected chi connectivity index (χ1v) is 9.59. The maximum absolute atomic E-state index is 6.91. The summed E-state index contributed by atoms with van der Waals surface area (Å²) in [5.41, 5.74) is 3.92. The Balaban J connectivity index is 1.73. The van der Waals surface area contributed by atoms with Crippen LogP contribution in [0.15, 0.2) is 78.9 Å². The minimum absolute atomic E-state index is 0.0432. The van der Waals surface area contributed by atoms with Gasteiger partial charge in [0.15, 0.2) is 9.93 Å². The summed E-state index contributed by atoms with van der Waals surface area (Å²) in [6, 6.07) is 26.9. The lowest BCUT2D eigenvalue weighted by Gasteiger charge is -2.31. The zero-order chi connectivity index (χ0) is 17.9. The molecule has 3 heteroatoms. The van der Waals surface area contributed by atoms with Gasteiger partial charge in [0, 0.05) is 11.5 Å². The third kappa shape index (κ3) is 2.05. The lowest BCUT2D eigenvalue weighted by molar-refractivity contribution is 0.137. The molecule has 0 radical (unpaired) electrons. The minimum Gasteiger partial charge on any atom is -0.479 e. The largest absolute Gasteiger partial charge is 0.479 e. The van der Waals surface area contributed by atoms with Crippen LogP contribution >= 0.6 is 23.2 Å². The summed E-state index contributed by atoms with van der Waals surface area (Å²) >= 11 is 13.8. The second-order valence-electron chi connectivity index (χ2n) is 7.23. The Morgan fingerprint density at radius 2 is 1.46 bits per heavy atom. The second-order valence-corrected chi connectivity index (χ2v) is 8.62. The van der Waals surface area contributed by atoms with Crippen LogP contribution in [-0.4, -0.2) is 4.33 Å². The van der Waals surface area contributed by atoms with E-state index in [1.807, 2.05) is 36.4 Å². The molecule has 0 spiro atoms. The Labute approximate surface area is 163 Å². The summed E-state index contributed by atoms with van der Waals surface area (Å²) in [6.07, 6.45) is 0. The van der Waals surface area contributed by atoms with Gasteiger partial charge in [-0.2, -0.15) is 0 Å². The van der Waals surface area contributed by atoms with Crippen LogP contribution in [0.5, 0.6) is 5.75 Å². The van der Waals surface area contributed by atoms with Crippen molar-refractivity contribution in [3.8, 4) is 5.75 Å². The van der Waals surface area contributed by atoms with Crippen LogP contribution in [0.4, 0.5) is 0 Å². The molecule has 3 aromatic carbocycles. The van der Waals surface area contributed by atoms with E-state index in [1.54, 1.807) is 0 Å². The van der Waals surface area contributed by atoms with Crippen molar-refractivity contribution in [2.45, 2.75) is 22.8 Å². The molecule has 130 valence electrons. The molecule has 1 aliphatic heterocycles. The number of halogens is 2.